The zero-order valence-electron chi connectivity index (χ0n) is 16.4. The highest BCUT2D eigenvalue weighted by molar-refractivity contribution is 7.17. The summed E-state index contributed by atoms with van der Waals surface area (Å²) in [5.41, 5.74) is 3.56. The summed E-state index contributed by atoms with van der Waals surface area (Å²) in [6.07, 6.45) is 2.96. The molecular weight excluding hydrogens is 372 g/mol. The molecule has 1 N–H and O–H groups in total. The van der Waals surface area contributed by atoms with Gasteiger partial charge in [0, 0.05) is 23.5 Å². The molecule has 2 aliphatic rings. The minimum absolute atomic E-state index is 0.0227. The van der Waals surface area contributed by atoms with Crippen LogP contribution < -0.4 is 5.32 Å². The molecule has 0 radical (unpaired) electrons. The molecular formula is C22H26N2O3S. The molecule has 5 nitrogen and oxygen atoms in total. The number of rotatable bonds is 3. The lowest BCUT2D eigenvalue weighted by Crippen LogP contribution is -2.41. The maximum atomic E-state index is 13.3. The van der Waals surface area contributed by atoms with Gasteiger partial charge in [0.1, 0.15) is 5.00 Å². The van der Waals surface area contributed by atoms with Gasteiger partial charge in [-0.15, -0.1) is 11.3 Å². The van der Waals surface area contributed by atoms with Crippen molar-refractivity contribution in [2.45, 2.75) is 33.1 Å². The average molecular weight is 399 g/mol. The van der Waals surface area contributed by atoms with Crippen molar-refractivity contribution in [3.8, 4) is 0 Å². The Hall–Kier alpha value is -2.18. The van der Waals surface area contributed by atoms with E-state index in [0.717, 1.165) is 30.4 Å². The van der Waals surface area contributed by atoms with Gasteiger partial charge in [-0.3, -0.25) is 9.59 Å². The quantitative estimate of drug-likeness (QED) is 0.853. The number of carbonyl (C=O) groups is 2. The third-order valence-electron chi connectivity index (χ3n) is 5.56. The van der Waals surface area contributed by atoms with E-state index in [1.807, 2.05) is 36.1 Å². The van der Waals surface area contributed by atoms with Gasteiger partial charge in [-0.1, -0.05) is 24.6 Å². The summed E-state index contributed by atoms with van der Waals surface area (Å²) >= 11 is 1.57. The molecule has 4 rings (SSSR count). The van der Waals surface area contributed by atoms with Crippen LogP contribution in [-0.4, -0.2) is 43.0 Å². The van der Waals surface area contributed by atoms with Crippen molar-refractivity contribution in [2.24, 2.45) is 5.92 Å². The van der Waals surface area contributed by atoms with Crippen molar-refractivity contribution in [1.82, 2.24) is 4.90 Å². The predicted octanol–water partition coefficient (Wildman–Crippen LogP) is 3.91. The van der Waals surface area contributed by atoms with E-state index in [0.29, 0.717) is 48.3 Å². The highest BCUT2D eigenvalue weighted by Crippen LogP contribution is 2.40. The van der Waals surface area contributed by atoms with Gasteiger partial charge in [-0.2, -0.15) is 0 Å². The van der Waals surface area contributed by atoms with Gasteiger partial charge in [-0.25, -0.2) is 0 Å². The van der Waals surface area contributed by atoms with Gasteiger partial charge in [0.05, 0.1) is 18.8 Å². The summed E-state index contributed by atoms with van der Waals surface area (Å²) in [5.74, 6) is 0.468. The second-order valence-corrected chi connectivity index (χ2v) is 8.89. The number of hydrogen-bond donors (Lipinski definition) is 1. The number of benzene rings is 1. The summed E-state index contributed by atoms with van der Waals surface area (Å²) in [6, 6.07) is 7.50. The number of nitrogens with zero attached hydrogens (tertiary/aromatic N) is 1. The number of nitrogens with one attached hydrogen (secondary N) is 1. The molecule has 6 heteroatoms. The number of aryl methyl sites for hydroxylation is 1. The van der Waals surface area contributed by atoms with Crippen LogP contribution in [0.4, 0.5) is 5.00 Å². The molecule has 0 saturated carbocycles. The van der Waals surface area contributed by atoms with E-state index in [1.165, 1.54) is 4.88 Å². The number of fused-ring (bicyclic) bond motifs is 1. The van der Waals surface area contributed by atoms with Gasteiger partial charge >= 0.3 is 0 Å². The number of ether oxygens (including phenoxy) is 1. The monoisotopic (exact) mass is 398 g/mol. The summed E-state index contributed by atoms with van der Waals surface area (Å²) in [4.78, 5) is 29.2. The maximum absolute atomic E-state index is 13.3. The van der Waals surface area contributed by atoms with Crippen LogP contribution in [0.25, 0.3) is 0 Å². The largest absolute Gasteiger partial charge is 0.378 e. The van der Waals surface area contributed by atoms with Gasteiger partial charge in [0.25, 0.3) is 11.8 Å². The Balaban J connectivity index is 1.66. The van der Waals surface area contributed by atoms with E-state index in [-0.39, 0.29) is 11.8 Å². The van der Waals surface area contributed by atoms with Crippen LogP contribution in [-0.2, 0) is 17.6 Å². The second kappa shape index (κ2) is 8.05. The fourth-order valence-electron chi connectivity index (χ4n) is 3.87. The smallest absolute Gasteiger partial charge is 0.257 e. The number of thiophene rings is 1. The van der Waals surface area contributed by atoms with E-state index < -0.39 is 0 Å². The number of carbonyl (C=O) groups excluding carboxylic acids is 2. The van der Waals surface area contributed by atoms with Crippen LogP contribution in [0, 0.1) is 12.8 Å². The highest BCUT2D eigenvalue weighted by atomic mass is 32.1. The van der Waals surface area contributed by atoms with Gasteiger partial charge < -0.3 is 15.0 Å². The maximum Gasteiger partial charge on any atom is 0.257 e. The van der Waals surface area contributed by atoms with Crippen molar-refractivity contribution in [2.75, 3.05) is 31.6 Å². The SMILES string of the molecule is Cc1ccc(C(=O)Nc2sc3c(c2C(=O)N2CCOCC2)CC[C@@H](C)C3)cc1. The minimum atomic E-state index is -0.164. The third kappa shape index (κ3) is 3.84. The molecule has 0 bridgehead atoms. The van der Waals surface area contributed by atoms with Gasteiger partial charge in [0.2, 0.25) is 0 Å². The van der Waals surface area contributed by atoms with E-state index in [2.05, 4.69) is 12.2 Å². The first-order valence-corrected chi connectivity index (χ1v) is 10.7. The molecule has 1 aliphatic carbocycles. The Kier molecular flexibility index (Phi) is 5.51. The van der Waals surface area contributed by atoms with Crippen LogP contribution in [0.2, 0.25) is 0 Å². The lowest BCUT2D eigenvalue weighted by molar-refractivity contribution is 0.0303. The predicted molar refractivity (Wildman–Crippen MR) is 111 cm³/mol. The van der Waals surface area contributed by atoms with Crippen molar-refractivity contribution < 1.29 is 14.3 Å². The fraction of sp³-hybridized carbons (Fsp3) is 0.455. The lowest BCUT2D eigenvalue weighted by atomic mass is 9.88. The number of morpholine rings is 1. The van der Waals surface area contributed by atoms with Crippen LogP contribution in [0.1, 0.15) is 50.1 Å². The molecule has 1 saturated heterocycles. The van der Waals surface area contributed by atoms with Gasteiger partial charge in [0.15, 0.2) is 0 Å². The normalized spacial score (nSPS) is 19.2. The molecule has 1 aromatic carbocycles. The summed E-state index contributed by atoms with van der Waals surface area (Å²) in [6.45, 7) is 6.59. The fourth-order valence-corrected chi connectivity index (χ4v) is 5.27. The Morgan fingerprint density at radius 3 is 2.61 bits per heavy atom. The summed E-state index contributed by atoms with van der Waals surface area (Å²) in [5, 5.41) is 3.73. The zero-order chi connectivity index (χ0) is 19.7. The molecule has 0 spiro atoms. The van der Waals surface area contributed by atoms with Crippen LogP contribution in [0.5, 0.6) is 0 Å². The average Bonchev–Trinajstić information content (AvgIpc) is 3.05. The molecule has 1 aliphatic heterocycles. The van der Waals surface area contributed by atoms with E-state index in [9.17, 15) is 9.59 Å². The first-order valence-electron chi connectivity index (χ1n) is 9.92. The second-order valence-electron chi connectivity index (χ2n) is 7.78. The van der Waals surface area contributed by atoms with E-state index >= 15 is 0 Å². The number of anilines is 1. The van der Waals surface area contributed by atoms with Crippen LogP contribution >= 0.6 is 11.3 Å². The van der Waals surface area contributed by atoms with Crippen molar-refractivity contribution in [3.05, 3.63) is 51.4 Å². The lowest BCUT2D eigenvalue weighted by Gasteiger charge is -2.28. The Morgan fingerprint density at radius 1 is 1.18 bits per heavy atom. The molecule has 2 amide bonds. The summed E-state index contributed by atoms with van der Waals surface area (Å²) in [7, 11) is 0. The Bertz CT molecular complexity index is 882. The molecule has 1 aromatic heterocycles. The molecule has 0 unspecified atom stereocenters. The Morgan fingerprint density at radius 2 is 1.89 bits per heavy atom. The molecule has 1 atom stereocenters. The van der Waals surface area contributed by atoms with E-state index in [4.69, 9.17) is 4.74 Å². The van der Waals surface area contributed by atoms with Crippen LogP contribution in [0.3, 0.4) is 0 Å². The first-order chi connectivity index (χ1) is 13.5. The number of amides is 2. The standard InChI is InChI=1S/C22H26N2O3S/c1-14-3-6-16(7-4-14)20(25)23-21-19(22(26)24-9-11-27-12-10-24)17-8-5-15(2)13-18(17)28-21/h3-4,6-7,15H,5,8-13H2,1-2H3,(H,23,25)/t15-/m1/s1. The van der Waals surface area contributed by atoms with Crippen molar-refractivity contribution in [1.29, 1.82) is 0 Å². The molecule has 2 aromatic rings. The molecule has 1 fully saturated rings. The molecule has 2 heterocycles. The summed E-state index contributed by atoms with van der Waals surface area (Å²) < 4.78 is 5.40. The van der Waals surface area contributed by atoms with E-state index in [1.54, 1.807) is 11.3 Å². The third-order valence-corrected chi connectivity index (χ3v) is 6.73. The highest BCUT2D eigenvalue weighted by Gasteiger charge is 2.31. The van der Waals surface area contributed by atoms with Crippen molar-refractivity contribution >= 4 is 28.2 Å². The zero-order valence-corrected chi connectivity index (χ0v) is 17.2. The topological polar surface area (TPSA) is 58.6 Å². The minimum Gasteiger partial charge on any atom is -0.378 e. The number of hydrogen-bond acceptors (Lipinski definition) is 4. The van der Waals surface area contributed by atoms with Crippen LogP contribution in [0.15, 0.2) is 24.3 Å². The first kappa shape index (κ1) is 19.2. The Labute approximate surface area is 169 Å². The van der Waals surface area contributed by atoms with Gasteiger partial charge in [-0.05, 0) is 49.8 Å². The molecule has 28 heavy (non-hydrogen) atoms. The molecule has 148 valence electrons. The van der Waals surface area contributed by atoms with Crippen molar-refractivity contribution in [3.63, 3.8) is 0 Å².